The third kappa shape index (κ3) is 34.9. The summed E-state index contributed by atoms with van der Waals surface area (Å²) in [7, 11) is 0. The van der Waals surface area contributed by atoms with Crippen LogP contribution in [0.15, 0.2) is 121 Å². The molecular formula is C108H158N4O4. The van der Waals surface area contributed by atoms with E-state index in [1.54, 1.807) is 0 Å². The molecule has 8 heteroatoms. The van der Waals surface area contributed by atoms with Crippen LogP contribution < -0.4 is 18.9 Å². The van der Waals surface area contributed by atoms with Crippen LogP contribution in [0.2, 0.25) is 0 Å². The molecule has 0 saturated heterocycles. The van der Waals surface area contributed by atoms with Crippen molar-refractivity contribution >= 4 is 46.4 Å². The van der Waals surface area contributed by atoms with Crippen molar-refractivity contribution in [2.24, 2.45) is 0 Å². The van der Waals surface area contributed by atoms with E-state index in [1.807, 2.05) is 0 Å². The van der Waals surface area contributed by atoms with Crippen LogP contribution in [0, 0.1) is 0 Å². The summed E-state index contributed by atoms with van der Waals surface area (Å²) < 4.78 is 26.0. The zero-order valence-corrected chi connectivity index (χ0v) is 73.8. The van der Waals surface area contributed by atoms with E-state index >= 15 is 0 Å². The summed E-state index contributed by atoms with van der Waals surface area (Å²) in [5, 5.41) is 0. The van der Waals surface area contributed by atoms with Gasteiger partial charge in [-0.15, -0.1) is 0 Å². The number of nitrogens with one attached hydrogen (secondary N) is 2. The highest BCUT2D eigenvalue weighted by molar-refractivity contribution is 6.00. The molecule has 3 aromatic heterocycles. The maximum atomic E-state index is 6.49. The van der Waals surface area contributed by atoms with Gasteiger partial charge in [0.2, 0.25) is 0 Å². The van der Waals surface area contributed by atoms with Crippen molar-refractivity contribution < 1.29 is 18.9 Å². The molecule has 116 heavy (non-hydrogen) atoms. The first kappa shape index (κ1) is 92.6. The summed E-state index contributed by atoms with van der Waals surface area (Å²) in [6.07, 6.45) is 83.8. The van der Waals surface area contributed by atoms with E-state index in [0.717, 1.165) is 164 Å². The van der Waals surface area contributed by atoms with Gasteiger partial charge in [-0.25, -0.2) is 9.97 Å². The number of rotatable bonds is 68. The molecule has 0 aliphatic carbocycles. The number of H-pyrrole nitrogens is 2. The summed E-state index contributed by atoms with van der Waals surface area (Å²) in [5.74, 6) is 3.56. The van der Waals surface area contributed by atoms with E-state index in [0.29, 0.717) is 0 Å². The number of fused-ring (bicyclic) bond motifs is 8. The number of nitrogens with zero attached hydrogens (tertiary/aromatic N) is 2. The quantitative estimate of drug-likeness (QED) is 0.0369. The summed E-state index contributed by atoms with van der Waals surface area (Å²) in [6, 6.07) is 43.8. The fraction of sp³-hybridized carbons (Fsp3) is 0.593. The van der Waals surface area contributed by atoms with Crippen LogP contribution in [0.25, 0.3) is 90.9 Å². The third-order valence-corrected chi connectivity index (χ3v) is 24.4. The highest BCUT2D eigenvalue weighted by Gasteiger charge is 2.21. The van der Waals surface area contributed by atoms with Gasteiger partial charge >= 0.3 is 0 Å². The molecule has 5 heterocycles. The largest absolute Gasteiger partial charge is 0.494 e. The summed E-state index contributed by atoms with van der Waals surface area (Å²) in [5.41, 5.74) is 15.6. The molecule has 0 saturated carbocycles. The van der Waals surface area contributed by atoms with Gasteiger partial charge in [0.25, 0.3) is 0 Å². The molecule has 0 fully saturated rings. The Labute approximate surface area is 706 Å². The molecule has 0 spiro atoms. The van der Waals surface area contributed by atoms with Gasteiger partial charge in [0, 0.05) is 44.3 Å². The van der Waals surface area contributed by atoms with Crippen LogP contribution in [0.3, 0.4) is 0 Å². The monoisotopic (exact) mass is 1580 g/mol. The highest BCUT2D eigenvalue weighted by Crippen LogP contribution is 2.40. The van der Waals surface area contributed by atoms with E-state index in [-0.39, 0.29) is 0 Å². The number of benzene rings is 4. The van der Waals surface area contributed by atoms with E-state index in [1.165, 1.54) is 334 Å². The standard InChI is InChI=1S/C108H158N4O4/c1-5-9-13-17-21-25-29-33-37-41-45-49-53-57-85-113-93-69-61-89(62-70-93)105-97-77-79-99(109-97)106(90-63-71-94(72-64-90)114-86-58-54-50-46-42-38-34-30-26-22-18-14-10-6-2)101-81-83-103(111-101)108(92-67-75-96(76-68-92)116-88-60-56-52-48-44-40-36-32-28-24-20-16-12-8-4)104-84-82-102(112-104)107(100-80-78-98(105)110-100)91-65-73-95(74-66-91)115-87-59-55-51-47-43-39-35-31-27-23-19-15-11-7-3/h61-84,109,112H,5-60,85-88H2,1-4H3. The van der Waals surface area contributed by atoms with E-state index in [4.69, 9.17) is 28.9 Å². The lowest BCUT2D eigenvalue weighted by atomic mass is 10.0. The van der Waals surface area contributed by atoms with Crippen molar-refractivity contribution in [1.82, 2.24) is 19.9 Å². The Morgan fingerprint density at radius 1 is 0.181 bits per heavy atom. The fourth-order valence-corrected chi connectivity index (χ4v) is 17.2. The minimum absolute atomic E-state index is 0.718. The number of hydrogen-bond donors (Lipinski definition) is 2. The molecule has 2 N–H and O–H groups in total. The Hall–Kier alpha value is -7.32. The Morgan fingerprint density at radius 2 is 0.328 bits per heavy atom. The molecule has 0 radical (unpaired) electrons. The number of hydrogen-bond acceptors (Lipinski definition) is 6. The second-order valence-electron chi connectivity index (χ2n) is 34.4. The third-order valence-electron chi connectivity index (χ3n) is 24.4. The summed E-state index contributed by atoms with van der Waals surface area (Å²) in [4.78, 5) is 19.4. The van der Waals surface area contributed by atoms with Crippen molar-refractivity contribution in [3.8, 4) is 67.5 Å². The molecule has 0 unspecified atom stereocenters. The Bertz CT molecular complexity index is 3430. The minimum atomic E-state index is 0.718. The van der Waals surface area contributed by atoms with Crippen LogP contribution in [-0.4, -0.2) is 46.4 Å². The first-order valence-corrected chi connectivity index (χ1v) is 48.6. The van der Waals surface area contributed by atoms with Gasteiger partial charge < -0.3 is 28.9 Å². The van der Waals surface area contributed by atoms with E-state index in [2.05, 4.69) is 183 Å². The summed E-state index contributed by atoms with van der Waals surface area (Å²) in [6.45, 7) is 12.1. The van der Waals surface area contributed by atoms with Crippen molar-refractivity contribution in [2.45, 2.75) is 387 Å². The van der Waals surface area contributed by atoms with Gasteiger partial charge in [0.1, 0.15) is 23.0 Å². The first-order chi connectivity index (χ1) is 57.5. The molecule has 2 aliphatic heterocycles. The topological polar surface area (TPSA) is 94.3 Å². The van der Waals surface area contributed by atoms with Crippen molar-refractivity contribution in [2.75, 3.05) is 26.4 Å². The van der Waals surface area contributed by atoms with Gasteiger partial charge in [0.05, 0.1) is 49.2 Å². The maximum absolute atomic E-state index is 6.49. The highest BCUT2D eigenvalue weighted by atomic mass is 16.5. The molecule has 0 amide bonds. The minimum Gasteiger partial charge on any atom is -0.494 e. The second-order valence-corrected chi connectivity index (χ2v) is 34.4. The van der Waals surface area contributed by atoms with Crippen LogP contribution in [0.4, 0.5) is 0 Å². The van der Waals surface area contributed by atoms with Crippen molar-refractivity contribution in [3.63, 3.8) is 0 Å². The lowest BCUT2D eigenvalue weighted by Crippen LogP contribution is -1.97. The van der Waals surface area contributed by atoms with Gasteiger partial charge in [0.15, 0.2) is 0 Å². The molecule has 4 aromatic carbocycles. The SMILES string of the molecule is CCCCCCCCCCCCCCCCOc1ccc(-c2c3nc(c(-c4ccc(OCCCCCCCCCCCCCCCC)cc4)c4ccc([nH]4)c(-c4ccc(OCCCCCCCCCCCCCCCC)cc4)c4nc(c(-c5ccc(OCCCCCCCCCCCCCCCC)cc5)c5ccc2[nH]5)C=C4)C=C3)cc1. The average Bonchev–Trinajstić information content (AvgIpc) is 1.63. The zero-order valence-electron chi connectivity index (χ0n) is 73.8. The smallest absolute Gasteiger partial charge is 0.119 e. The predicted octanol–water partition coefficient (Wildman–Crippen LogP) is 34.8. The molecule has 8 nitrogen and oxygen atoms in total. The Balaban J connectivity index is 0.964. The molecule has 8 bridgehead atoms. The van der Waals surface area contributed by atoms with Gasteiger partial charge in [-0.2, -0.15) is 0 Å². The number of unbranched alkanes of at least 4 members (excludes halogenated alkanes) is 52. The average molecular weight is 1580 g/mol. The summed E-state index contributed by atoms with van der Waals surface area (Å²) >= 11 is 0. The van der Waals surface area contributed by atoms with Crippen LogP contribution in [0.5, 0.6) is 23.0 Å². The van der Waals surface area contributed by atoms with Crippen molar-refractivity contribution in [1.29, 1.82) is 0 Å². The fourth-order valence-electron chi connectivity index (χ4n) is 17.2. The van der Waals surface area contributed by atoms with Gasteiger partial charge in [-0.1, -0.05) is 410 Å². The maximum Gasteiger partial charge on any atom is 0.119 e. The molecule has 2 aliphatic rings. The van der Waals surface area contributed by atoms with Gasteiger partial charge in [-0.05, 0) is 145 Å². The molecular weight excluding hydrogens is 1420 g/mol. The van der Waals surface area contributed by atoms with Gasteiger partial charge in [-0.3, -0.25) is 0 Å². The Morgan fingerprint density at radius 3 is 0.483 bits per heavy atom. The van der Waals surface area contributed by atoms with Crippen molar-refractivity contribution in [3.05, 3.63) is 144 Å². The number of ether oxygens (including phenoxy) is 4. The molecule has 634 valence electrons. The normalized spacial score (nSPS) is 11.9. The molecule has 0 atom stereocenters. The predicted molar refractivity (Wildman–Crippen MR) is 504 cm³/mol. The molecule has 7 aromatic rings. The van der Waals surface area contributed by atoms with E-state index < -0.39 is 0 Å². The van der Waals surface area contributed by atoms with Crippen LogP contribution in [-0.2, 0) is 0 Å². The van der Waals surface area contributed by atoms with E-state index in [9.17, 15) is 0 Å². The second kappa shape index (κ2) is 58.5. The number of aromatic nitrogens is 4. The van der Waals surface area contributed by atoms with Crippen LogP contribution in [0.1, 0.15) is 410 Å². The molecule has 9 rings (SSSR count). The zero-order chi connectivity index (χ0) is 80.6. The lowest BCUT2D eigenvalue weighted by molar-refractivity contribution is 0.304. The lowest BCUT2D eigenvalue weighted by Gasteiger charge is -2.10. The Kier molecular flexibility index (Phi) is 46.7. The number of aromatic amines is 2. The first-order valence-electron chi connectivity index (χ1n) is 48.6. The van der Waals surface area contributed by atoms with Crippen LogP contribution >= 0.6 is 0 Å².